The first-order valence-electron chi connectivity index (χ1n) is 17.5. The van der Waals surface area contributed by atoms with Crippen molar-refractivity contribution in [3.63, 3.8) is 0 Å². The number of hydrogen-bond acceptors (Lipinski definition) is 4. The van der Waals surface area contributed by atoms with Crippen molar-refractivity contribution in [1.82, 2.24) is 10.6 Å². The molecule has 2 aliphatic rings. The third-order valence-electron chi connectivity index (χ3n) is 9.81. The summed E-state index contributed by atoms with van der Waals surface area (Å²) in [6.07, 6.45) is 6.12. The Balaban J connectivity index is 1.17. The van der Waals surface area contributed by atoms with Crippen LogP contribution in [0.5, 0.6) is 0 Å². The Morgan fingerprint density at radius 2 is 1.12 bits per heavy atom. The molecule has 0 aliphatic carbocycles. The number of rotatable bonds is 6. The molecule has 0 amide bonds. The summed E-state index contributed by atoms with van der Waals surface area (Å²) in [4.78, 5) is 10.5. The van der Waals surface area contributed by atoms with E-state index in [4.69, 9.17) is 9.98 Å². The van der Waals surface area contributed by atoms with Crippen LogP contribution in [0.15, 0.2) is 192 Å². The minimum atomic E-state index is -0.298. The third kappa shape index (κ3) is 6.13. The number of amidine groups is 2. The largest absolute Gasteiger partial charge is 0.378 e. The minimum Gasteiger partial charge on any atom is -0.378 e. The number of benzene rings is 7. The number of nitrogens with one attached hydrogen (secondary N) is 2. The van der Waals surface area contributed by atoms with Gasteiger partial charge in [-0.1, -0.05) is 146 Å². The normalized spacial score (nSPS) is 16.9. The Hall–Kier alpha value is -6.52. The van der Waals surface area contributed by atoms with Crippen molar-refractivity contribution in [2.75, 3.05) is 0 Å². The molecule has 2 N–H and O–H groups in total. The zero-order valence-corrected chi connectivity index (χ0v) is 28.3. The number of fused-ring (bicyclic) bond motifs is 3. The van der Waals surface area contributed by atoms with Crippen molar-refractivity contribution in [3.8, 4) is 22.3 Å². The Morgan fingerprint density at radius 3 is 1.88 bits per heavy atom. The number of nitrogens with zero attached hydrogens (tertiary/aromatic N) is 2. The lowest BCUT2D eigenvalue weighted by Gasteiger charge is -2.24. The summed E-state index contributed by atoms with van der Waals surface area (Å²) in [5.74, 6) is 1.50. The van der Waals surface area contributed by atoms with Gasteiger partial charge in [0.2, 0.25) is 0 Å². The summed E-state index contributed by atoms with van der Waals surface area (Å²) in [6, 6.07) is 56.3. The van der Waals surface area contributed by atoms with E-state index in [0.29, 0.717) is 5.84 Å². The molecule has 244 valence electrons. The van der Waals surface area contributed by atoms with Crippen molar-refractivity contribution in [2.24, 2.45) is 9.98 Å². The highest BCUT2D eigenvalue weighted by molar-refractivity contribution is 6.16. The fourth-order valence-corrected chi connectivity index (χ4v) is 7.13. The fraction of sp³-hybridized carbons (Fsp3) is 0.0638. The zero-order valence-electron chi connectivity index (χ0n) is 28.3. The first-order chi connectivity index (χ1) is 25.1. The van der Waals surface area contributed by atoms with E-state index in [2.05, 4.69) is 187 Å². The molecular formula is C47H36N4. The maximum absolute atomic E-state index is 5.27. The molecule has 0 bridgehead atoms. The average molecular weight is 657 g/mol. The van der Waals surface area contributed by atoms with Crippen LogP contribution in [0, 0.1) is 0 Å². The van der Waals surface area contributed by atoms with Crippen LogP contribution >= 0.6 is 0 Å². The van der Waals surface area contributed by atoms with Gasteiger partial charge in [0.25, 0.3) is 0 Å². The third-order valence-corrected chi connectivity index (χ3v) is 9.81. The molecule has 2 atom stereocenters. The topological polar surface area (TPSA) is 48.8 Å². The average Bonchev–Trinajstić information content (AvgIpc) is 3.21. The Labute approximate surface area is 298 Å². The molecule has 2 heterocycles. The summed E-state index contributed by atoms with van der Waals surface area (Å²) in [5.41, 5.74) is 10.0. The predicted octanol–water partition coefficient (Wildman–Crippen LogP) is 10.9. The van der Waals surface area contributed by atoms with E-state index in [1.165, 1.54) is 32.8 Å². The second kappa shape index (κ2) is 13.1. The quantitative estimate of drug-likeness (QED) is 0.175. The van der Waals surface area contributed by atoms with Crippen LogP contribution in [0.1, 0.15) is 41.4 Å². The molecule has 4 heteroatoms. The van der Waals surface area contributed by atoms with Crippen LogP contribution in [0.4, 0.5) is 0 Å². The molecule has 0 saturated carbocycles. The van der Waals surface area contributed by atoms with E-state index < -0.39 is 0 Å². The van der Waals surface area contributed by atoms with Gasteiger partial charge in [-0.25, -0.2) is 9.98 Å². The zero-order chi connectivity index (χ0) is 34.1. The predicted molar refractivity (Wildman–Crippen MR) is 213 cm³/mol. The first-order valence-corrected chi connectivity index (χ1v) is 17.5. The van der Waals surface area contributed by atoms with Crippen molar-refractivity contribution in [1.29, 1.82) is 0 Å². The molecule has 0 aromatic heterocycles. The Bertz CT molecular complexity index is 2530. The van der Waals surface area contributed by atoms with E-state index >= 15 is 0 Å². The molecule has 0 saturated heterocycles. The van der Waals surface area contributed by atoms with Gasteiger partial charge in [0.05, 0.1) is 6.04 Å². The molecule has 0 radical (unpaired) electrons. The monoisotopic (exact) mass is 656 g/mol. The van der Waals surface area contributed by atoms with Gasteiger partial charge < -0.3 is 10.6 Å². The van der Waals surface area contributed by atoms with Gasteiger partial charge in [0.15, 0.2) is 5.84 Å². The van der Waals surface area contributed by atoms with Crippen molar-refractivity contribution in [3.05, 3.63) is 204 Å². The van der Waals surface area contributed by atoms with Gasteiger partial charge in [-0.2, -0.15) is 0 Å². The van der Waals surface area contributed by atoms with Crippen LogP contribution in [-0.2, 0) is 0 Å². The molecule has 7 aromatic rings. The Kier molecular flexibility index (Phi) is 7.82. The van der Waals surface area contributed by atoms with Crippen LogP contribution in [0.3, 0.4) is 0 Å². The molecule has 7 aromatic carbocycles. The van der Waals surface area contributed by atoms with Crippen LogP contribution in [0.2, 0.25) is 0 Å². The van der Waals surface area contributed by atoms with Gasteiger partial charge in [-0.05, 0) is 92.2 Å². The lowest BCUT2D eigenvalue weighted by molar-refractivity contribution is 0.674. The van der Waals surface area contributed by atoms with E-state index in [0.717, 1.165) is 44.8 Å². The molecule has 4 nitrogen and oxygen atoms in total. The second-order valence-corrected chi connectivity index (χ2v) is 13.2. The van der Waals surface area contributed by atoms with Gasteiger partial charge in [-0.15, -0.1) is 0 Å². The van der Waals surface area contributed by atoms with Gasteiger partial charge in [-0.3, -0.25) is 0 Å². The number of hydrogen-bond donors (Lipinski definition) is 2. The first kappa shape index (κ1) is 30.5. The SMILES string of the molecule is CC1=CC=CC(c2ccc(-c3cc(C4=NC(c5ccc6ccc7ccccc7c6c5)=NC(c5ccccc5)N4)cc(-c4ccccc4)c3)cc2)N1. The molecule has 0 spiro atoms. The highest BCUT2D eigenvalue weighted by Gasteiger charge is 2.22. The van der Waals surface area contributed by atoms with Crippen LogP contribution in [0.25, 0.3) is 43.8 Å². The van der Waals surface area contributed by atoms with Crippen LogP contribution in [-0.4, -0.2) is 11.7 Å². The fourth-order valence-electron chi connectivity index (χ4n) is 7.13. The Morgan fingerprint density at radius 1 is 0.490 bits per heavy atom. The number of aliphatic imine (C=N–C) groups is 2. The summed E-state index contributed by atoms with van der Waals surface area (Å²) in [7, 11) is 0. The highest BCUT2D eigenvalue weighted by Crippen LogP contribution is 2.32. The van der Waals surface area contributed by atoms with Gasteiger partial charge >= 0.3 is 0 Å². The van der Waals surface area contributed by atoms with Crippen molar-refractivity contribution < 1.29 is 0 Å². The van der Waals surface area contributed by atoms with E-state index in [1.807, 2.05) is 6.07 Å². The van der Waals surface area contributed by atoms with E-state index in [-0.39, 0.29) is 12.2 Å². The van der Waals surface area contributed by atoms with Crippen LogP contribution < -0.4 is 10.6 Å². The maximum Gasteiger partial charge on any atom is 0.159 e. The molecular weight excluding hydrogens is 621 g/mol. The lowest BCUT2D eigenvalue weighted by atomic mass is 9.94. The van der Waals surface area contributed by atoms with E-state index in [1.54, 1.807) is 0 Å². The summed E-state index contributed by atoms with van der Waals surface area (Å²) < 4.78 is 0. The van der Waals surface area contributed by atoms with Gasteiger partial charge in [0.1, 0.15) is 12.0 Å². The standard InChI is InChI=1S/C47H36N4/c1-31-11-10-18-44(48-31)36-24-19-33(20-25-36)40-27-39(32-12-4-2-5-13-32)28-41(29-40)47-50-45(37-15-6-3-7-16-37)49-46(51-47)38-26-23-35-22-21-34-14-8-9-17-42(34)43(35)30-38/h2-30,44-45,48H,1H3,(H,49,50,51). The van der Waals surface area contributed by atoms with E-state index in [9.17, 15) is 0 Å². The maximum atomic E-state index is 5.27. The molecule has 9 rings (SSSR count). The smallest absolute Gasteiger partial charge is 0.159 e. The number of dihydropyridines is 1. The summed E-state index contributed by atoms with van der Waals surface area (Å²) >= 11 is 0. The summed E-state index contributed by atoms with van der Waals surface area (Å²) in [5, 5.41) is 12.1. The van der Waals surface area contributed by atoms with Gasteiger partial charge in [0, 0.05) is 16.8 Å². The summed E-state index contributed by atoms with van der Waals surface area (Å²) in [6.45, 7) is 2.10. The molecule has 2 aliphatic heterocycles. The minimum absolute atomic E-state index is 0.164. The number of allylic oxidation sites excluding steroid dienone is 3. The second-order valence-electron chi connectivity index (χ2n) is 13.2. The van der Waals surface area contributed by atoms with Crippen molar-refractivity contribution in [2.45, 2.75) is 19.1 Å². The lowest BCUT2D eigenvalue weighted by Crippen LogP contribution is -2.33. The molecule has 2 unspecified atom stereocenters. The highest BCUT2D eigenvalue weighted by atomic mass is 15.2. The molecule has 51 heavy (non-hydrogen) atoms. The van der Waals surface area contributed by atoms with Crippen molar-refractivity contribution >= 4 is 33.2 Å². The molecule has 0 fully saturated rings.